The van der Waals surface area contributed by atoms with Gasteiger partial charge in [-0.2, -0.15) is 0 Å². The molecule has 2 aromatic rings. The number of nitrogens with zero attached hydrogens (tertiary/aromatic N) is 1. The smallest absolute Gasteiger partial charge is 0.220 e. The number of amides is 1. The van der Waals surface area contributed by atoms with Crippen LogP contribution in [0.5, 0.6) is 5.75 Å². The minimum absolute atomic E-state index is 0.106. The number of fused-ring (bicyclic) bond motifs is 1. The van der Waals surface area contributed by atoms with E-state index in [1.54, 1.807) is 14.0 Å². The summed E-state index contributed by atoms with van der Waals surface area (Å²) in [6, 6.07) is 13.8. The van der Waals surface area contributed by atoms with Crippen LogP contribution in [0.15, 0.2) is 42.5 Å². The third-order valence-corrected chi connectivity index (χ3v) is 4.21. The van der Waals surface area contributed by atoms with E-state index in [-0.39, 0.29) is 11.9 Å². The predicted molar refractivity (Wildman–Crippen MR) is 85.4 cm³/mol. The summed E-state index contributed by atoms with van der Waals surface area (Å²) in [5.41, 5.74) is 10.9. The average molecular weight is 296 g/mol. The van der Waals surface area contributed by atoms with Gasteiger partial charge < -0.3 is 15.4 Å². The molecule has 0 saturated heterocycles. The maximum atomic E-state index is 11.5. The molecule has 0 aliphatic carbocycles. The maximum Gasteiger partial charge on any atom is 0.220 e. The Kier molecular flexibility index (Phi) is 3.86. The van der Waals surface area contributed by atoms with Crippen LogP contribution in [0.4, 0.5) is 0 Å². The first-order valence-electron chi connectivity index (χ1n) is 7.35. The second-order valence-corrected chi connectivity index (χ2v) is 5.66. The van der Waals surface area contributed by atoms with E-state index >= 15 is 0 Å². The Balaban J connectivity index is 1.87. The van der Waals surface area contributed by atoms with E-state index in [4.69, 9.17) is 10.5 Å². The SMILES string of the molecule is COc1cccc(C(N)c2ccc3c(c2)CN(C(C)=O)C3)c1. The first-order valence-corrected chi connectivity index (χ1v) is 7.35. The van der Waals surface area contributed by atoms with Crippen LogP contribution in [0.3, 0.4) is 0 Å². The molecule has 0 aromatic heterocycles. The van der Waals surface area contributed by atoms with E-state index in [0.29, 0.717) is 13.1 Å². The van der Waals surface area contributed by atoms with Gasteiger partial charge in [-0.3, -0.25) is 4.79 Å². The van der Waals surface area contributed by atoms with Crippen LogP contribution in [0.2, 0.25) is 0 Å². The normalized spacial score (nSPS) is 14.6. The Morgan fingerprint density at radius 2 is 1.86 bits per heavy atom. The van der Waals surface area contributed by atoms with Crippen molar-refractivity contribution in [2.24, 2.45) is 5.73 Å². The van der Waals surface area contributed by atoms with E-state index in [1.807, 2.05) is 35.2 Å². The van der Waals surface area contributed by atoms with Crippen molar-refractivity contribution in [1.29, 1.82) is 0 Å². The largest absolute Gasteiger partial charge is 0.497 e. The molecule has 114 valence electrons. The van der Waals surface area contributed by atoms with E-state index in [2.05, 4.69) is 12.1 Å². The lowest BCUT2D eigenvalue weighted by molar-refractivity contribution is -0.129. The molecule has 1 unspecified atom stereocenters. The number of ether oxygens (including phenoxy) is 1. The minimum Gasteiger partial charge on any atom is -0.497 e. The fourth-order valence-electron chi connectivity index (χ4n) is 2.86. The van der Waals surface area contributed by atoms with Crippen molar-refractivity contribution in [2.45, 2.75) is 26.1 Å². The summed E-state index contributed by atoms with van der Waals surface area (Å²) in [6.45, 7) is 2.97. The highest BCUT2D eigenvalue weighted by Gasteiger charge is 2.22. The summed E-state index contributed by atoms with van der Waals surface area (Å²) in [5.74, 6) is 0.909. The van der Waals surface area contributed by atoms with Gasteiger partial charge in [0.05, 0.1) is 13.2 Å². The average Bonchev–Trinajstić information content (AvgIpc) is 2.97. The molecule has 0 spiro atoms. The molecule has 0 fully saturated rings. The summed E-state index contributed by atoms with van der Waals surface area (Å²) < 4.78 is 5.26. The van der Waals surface area contributed by atoms with E-state index < -0.39 is 0 Å². The van der Waals surface area contributed by atoms with Crippen molar-refractivity contribution < 1.29 is 9.53 Å². The molecule has 4 heteroatoms. The number of benzene rings is 2. The number of hydrogen-bond acceptors (Lipinski definition) is 3. The molecule has 4 nitrogen and oxygen atoms in total. The van der Waals surface area contributed by atoms with Gasteiger partial charge in [0.2, 0.25) is 5.91 Å². The molecule has 0 bridgehead atoms. The molecular formula is C18H20N2O2. The fourth-order valence-corrected chi connectivity index (χ4v) is 2.86. The summed E-state index contributed by atoms with van der Waals surface area (Å²) in [4.78, 5) is 13.4. The second-order valence-electron chi connectivity index (χ2n) is 5.66. The molecule has 0 radical (unpaired) electrons. The zero-order valence-corrected chi connectivity index (χ0v) is 12.9. The number of nitrogens with two attached hydrogens (primary N) is 1. The molecular weight excluding hydrogens is 276 g/mol. The Bertz CT molecular complexity index is 712. The van der Waals surface area contributed by atoms with Crippen molar-refractivity contribution in [1.82, 2.24) is 4.90 Å². The van der Waals surface area contributed by atoms with Gasteiger partial charge in [-0.05, 0) is 34.4 Å². The van der Waals surface area contributed by atoms with Gasteiger partial charge in [-0.15, -0.1) is 0 Å². The first-order chi connectivity index (χ1) is 10.6. The van der Waals surface area contributed by atoms with Crippen LogP contribution in [0.1, 0.15) is 35.2 Å². The number of hydrogen-bond donors (Lipinski definition) is 1. The van der Waals surface area contributed by atoms with Crippen LogP contribution in [0, 0.1) is 0 Å². The number of methoxy groups -OCH3 is 1. The quantitative estimate of drug-likeness (QED) is 0.947. The van der Waals surface area contributed by atoms with Crippen LogP contribution >= 0.6 is 0 Å². The Labute approximate surface area is 130 Å². The summed E-state index contributed by atoms with van der Waals surface area (Å²) in [6.07, 6.45) is 0. The highest BCUT2D eigenvalue weighted by Crippen LogP contribution is 2.28. The third-order valence-electron chi connectivity index (χ3n) is 4.21. The highest BCUT2D eigenvalue weighted by atomic mass is 16.5. The molecule has 0 saturated carbocycles. The van der Waals surface area contributed by atoms with Gasteiger partial charge in [0.25, 0.3) is 0 Å². The van der Waals surface area contributed by atoms with Gasteiger partial charge in [-0.1, -0.05) is 30.3 Å². The van der Waals surface area contributed by atoms with Crippen molar-refractivity contribution in [2.75, 3.05) is 7.11 Å². The summed E-state index contributed by atoms with van der Waals surface area (Å²) in [5, 5.41) is 0. The molecule has 1 aliphatic rings. The zero-order valence-electron chi connectivity index (χ0n) is 12.9. The summed E-state index contributed by atoms with van der Waals surface area (Å²) in [7, 11) is 1.65. The van der Waals surface area contributed by atoms with Gasteiger partial charge in [0.15, 0.2) is 0 Å². The maximum absolute atomic E-state index is 11.5. The lowest BCUT2D eigenvalue weighted by Gasteiger charge is -2.14. The molecule has 1 aliphatic heterocycles. The van der Waals surface area contributed by atoms with Crippen LogP contribution in [0.25, 0.3) is 0 Å². The minimum atomic E-state index is -0.202. The fraction of sp³-hybridized carbons (Fsp3) is 0.278. The van der Waals surface area contributed by atoms with E-state index in [0.717, 1.165) is 16.9 Å². The molecule has 2 N–H and O–H groups in total. The standard InChI is InChI=1S/C18H20N2O2/c1-12(21)20-10-15-7-6-14(8-16(15)11-20)18(19)13-4-3-5-17(9-13)22-2/h3-9,18H,10-11,19H2,1-2H3. The van der Waals surface area contributed by atoms with Crippen molar-refractivity contribution >= 4 is 5.91 Å². The van der Waals surface area contributed by atoms with Crippen LogP contribution < -0.4 is 10.5 Å². The van der Waals surface area contributed by atoms with Crippen molar-refractivity contribution in [3.05, 3.63) is 64.7 Å². The van der Waals surface area contributed by atoms with Gasteiger partial charge in [-0.25, -0.2) is 0 Å². The number of carbonyl (C=O) groups excluding carboxylic acids is 1. The lowest BCUT2D eigenvalue weighted by Crippen LogP contribution is -2.21. The number of carbonyl (C=O) groups is 1. The molecule has 1 atom stereocenters. The van der Waals surface area contributed by atoms with Gasteiger partial charge in [0, 0.05) is 20.0 Å². The Morgan fingerprint density at radius 1 is 1.14 bits per heavy atom. The monoisotopic (exact) mass is 296 g/mol. The first kappa shape index (κ1) is 14.6. The Hall–Kier alpha value is -2.33. The molecule has 1 heterocycles. The number of rotatable bonds is 3. The van der Waals surface area contributed by atoms with E-state index in [1.165, 1.54) is 11.1 Å². The zero-order chi connectivity index (χ0) is 15.7. The van der Waals surface area contributed by atoms with E-state index in [9.17, 15) is 4.79 Å². The van der Waals surface area contributed by atoms with Gasteiger partial charge in [0.1, 0.15) is 5.75 Å². The Morgan fingerprint density at radius 3 is 2.59 bits per heavy atom. The molecule has 2 aromatic carbocycles. The molecule has 3 rings (SSSR count). The lowest BCUT2D eigenvalue weighted by atomic mass is 9.96. The van der Waals surface area contributed by atoms with Crippen LogP contribution in [-0.2, 0) is 17.9 Å². The molecule has 1 amide bonds. The van der Waals surface area contributed by atoms with Crippen molar-refractivity contribution in [3.8, 4) is 5.75 Å². The van der Waals surface area contributed by atoms with Crippen LogP contribution in [-0.4, -0.2) is 17.9 Å². The van der Waals surface area contributed by atoms with Crippen molar-refractivity contribution in [3.63, 3.8) is 0 Å². The third kappa shape index (κ3) is 2.70. The van der Waals surface area contributed by atoms with Gasteiger partial charge >= 0.3 is 0 Å². The topological polar surface area (TPSA) is 55.6 Å². The highest BCUT2D eigenvalue weighted by molar-refractivity contribution is 5.74. The molecule has 22 heavy (non-hydrogen) atoms. The second kappa shape index (κ2) is 5.81. The summed E-state index contributed by atoms with van der Waals surface area (Å²) >= 11 is 0. The predicted octanol–water partition coefficient (Wildman–Crippen LogP) is 2.61.